The van der Waals surface area contributed by atoms with E-state index in [0.717, 1.165) is 19.4 Å². The number of carbonyl (C=O) groups is 1. The molecule has 0 aliphatic heterocycles. The van der Waals surface area contributed by atoms with Gasteiger partial charge >= 0.3 is 6.03 Å². The number of carbonyl (C=O) groups excluding carboxylic acids is 1. The van der Waals surface area contributed by atoms with E-state index in [1.165, 1.54) is 19.3 Å². The van der Waals surface area contributed by atoms with Crippen molar-refractivity contribution < 1.29 is 4.79 Å². The first-order valence-corrected chi connectivity index (χ1v) is 5.94. The number of urea groups is 1. The fraction of sp³-hybridized carbons (Fsp3) is 0.909. The summed E-state index contributed by atoms with van der Waals surface area (Å²) in [7, 11) is 0. The number of hydrogen-bond acceptors (Lipinski definition) is 2. The minimum Gasteiger partial charge on any atom is -0.338 e. The van der Waals surface area contributed by atoms with Crippen LogP contribution in [-0.4, -0.2) is 25.7 Å². The molecule has 0 heterocycles. The van der Waals surface area contributed by atoms with Crippen molar-refractivity contribution in [3.63, 3.8) is 0 Å². The number of rotatable bonds is 4. The van der Waals surface area contributed by atoms with Crippen LogP contribution in [0, 0.1) is 5.41 Å². The second kappa shape index (κ2) is 5.95. The molecule has 1 aliphatic rings. The van der Waals surface area contributed by atoms with E-state index < -0.39 is 0 Å². The van der Waals surface area contributed by atoms with Crippen LogP contribution in [0.3, 0.4) is 0 Å². The Balaban J connectivity index is 2.35. The van der Waals surface area contributed by atoms with Gasteiger partial charge in [-0.25, -0.2) is 4.79 Å². The van der Waals surface area contributed by atoms with E-state index in [1.807, 2.05) is 6.92 Å². The SMILES string of the molecule is CCNC(=O)NCC1(CN)CCCCC1. The third-order valence-corrected chi connectivity index (χ3v) is 3.31. The van der Waals surface area contributed by atoms with Gasteiger partial charge in [0.1, 0.15) is 0 Å². The normalized spacial score (nSPS) is 19.6. The highest BCUT2D eigenvalue weighted by atomic mass is 16.2. The molecule has 0 aromatic carbocycles. The van der Waals surface area contributed by atoms with Crippen LogP contribution in [0.25, 0.3) is 0 Å². The molecule has 88 valence electrons. The van der Waals surface area contributed by atoms with Crippen LogP contribution in [0.15, 0.2) is 0 Å². The Morgan fingerprint density at radius 3 is 2.47 bits per heavy atom. The Labute approximate surface area is 92.0 Å². The van der Waals surface area contributed by atoms with Gasteiger partial charge in [-0.15, -0.1) is 0 Å². The van der Waals surface area contributed by atoms with Crippen molar-refractivity contribution in [2.75, 3.05) is 19.6 Å². The van der Waals surface area contributed by atoms with Crippen molar-refractivity contribution >= 4 is 6.03 Å². The van der Waals surface area contributed by atoms with E-state index in [2.05, 4.69) is 10.6 Å². The zero-order valence-electron chi connectivity index (χ0n) is 9.64. The molecule has 0 radical (unpaired) electrons. The molecule has 0 bridgehead atoms. The number of amides is 2. The van der Waals surface area contributed by atoms with Crippen molar-refractivity contribution in [2.45, 2.75) is 39.0 Å². The molecule has 4 heteroatoms. The lowest BCUT2D eigenvalue weighted by Crippen LogP contribution is -2.46. The Morgan fingerprint density at radius 2 is 1.93 bits per heavy atom. The predicted molar refractivity (Wildman–Crippen MR) is 61.6 cm³/mol. The summed E-state index contributed by atoms with van der Waals surface area (Å²) >= 11 is 0. The first kappa shape index (κ1) is 12.3. The van der Waals surface area contributed by atoms with E-state index in [-0.39, 0.29) is 11.4 Å². The highest BCUT2D eigenvalue weighted by Gasteiger charge is 2.30. The van der Waals surface area contributed by atoms with Crippen molar-refractivity contribution in [1.82, 2.24) is 10.6 Å². The smallest absolute Gasteiger partial charge is 0.314 e. The Hall–Kier alpha value is -0.770. The van der Waals surface area contributed by atoms with Crippen molar-refractivity contribution in [1.29, 1.82) is 0 Å². The molecule has 0 unspecified atom stereocenters. The van der Waals surface area contributed by atoms with Gasteiger partial charge < -0.3 is 16.4 Å². The minimum absolute atomic E-state index is 0.0732. The van der Waals surface area contributed by atoms with Crippen molar-refractivity contribution in [3.8, 4) is 0 Å². The molecule has 0 aromatic heterocycles. The van der Waals surface area contributed by atoms with Gasteiger partial charge in [-0.2, -0.15) is 0 Å². The van der Waals surface area contributed by atoms with Crippen molar-refractivity contribution in [2.24, 2.45) is 11.1 Å². The van der Waals surface area contributed by atoms with Crippen LogP contribution in [-0.2, 0) is 0 Å². The molecule has 4 N–H and O–H groups in total. The van der Waals surface area contributed by atoms with Crippen LogP contribution < -0.4 is 16.4 Å². The molecule has 15 heavy (non-hydrogen) atoms. The molecule has 0 saturated heterocycles. The van der Waals surface area contributed by atoms with Gasteiger partial charge in [-0.1, -0.05) is 19.3 Å². The Bertz CT molecular complexity index is 200. The fourth-order valence-electron chi connectivity index (χ4n) is 2.25. The van der Waals surface area contributed by atoms with Crippen molar-refractivity contribution in [3.05, 3.63) is 0 Å². The molecular formula is C11H23N3O. The highest BCUT2D eigenvalue weighted by molar-refractivity contribution is 5.73. The highest BCUT2D eigenvalue weighted by Crippen LogP contribution is 2.34. The molecule has 1 aliphatic carbocycles. The summed E-state index contributed by atoms with van der Waals surface area (Å²) in [6, 6.07) is -0.0732. The first-order valence-electron chi connectivity index (χ1n) is 5.94. The molecule has 4 nitrogen and oxygen atoms in total. The van der Waals surface area contributed by atoms with Crippen LogP contribution in [0.2, 0.25) is 0 Å². The van der Waals surface area contributed by atoms with E-state index in [9.17, 15) is 4.79 Å². The minimum atomic E-state index is -0.0732. The maximum atomic E-state index is 11.3. The number of nitrogens with one attached hydrogen (secondary N) is 2. The van der Waals surface area contributed by atoms with Gasteiger partial charge in [0.15, 0.2) is 0 Å². The van der Waals surface area contributed by atoms with Gasteiger partial charge in [0.25, 0.3) is 0 Å². The molecule has 1 saturated carbocycles. The summed E-state index contributed by atoms with van der Waals surface area (Å²) in [6.07, 6.45) is 6.09. The van der Waals surface area contributed by atoms with Gasteiger partial charge in [0.2, 0.25) is 0 Å². The van der Waals surface area contributed by atoms with Crippen LogP contribution in [0.1, 0.15) is 39.0 Å². The second-order valence-corrected chi connectivity index (χ2v) is 4.48. The summed E-state index contributed by atoms with van der Waals surface area (Å²) in [5.41, 5.74) is 5.98. The molecule has 0 spiro atoms. The summed E-state index contributed by atoms with van der Waals surface area (Å²) in [5.74, 6) is 0. The molecule has 2 amide bonds. The van der Waals surface area contributed by atoms with Crippen LogP contribution >= 0.6 is 0 Å². The fourth-order valence-corrected chi connectivity index (χ4v) is 2.25. The summed E-state index contributed by atoms with van der Waals surface area (Å²) in [6.45, 7) is 3.98. The molecule has 0 atom stereocenters. The third kappa shape index (κ3) is 3.70. The van der Waals surface area contributed by atoms with E-state index >= 15 is 0 Å². The average Bonchev–Trinajstić information content (AvgIpc) is 2.28. The van der Waals surface area contributed by atoms with Gasteiger partial charge in [-0.3, -0.25) is 0 Å². The van der Waals surface area contributed by atoms with Crippen LogP contribution in [0.4, 0.5) is 4.79 Å². The van der Waals surface area contributed by atoms with Crippen LogP contribution in [0.5, 0.6) is 0 Å². The molecule has 1 fully saturated rings. The van der Waals surface area contributed by atoms with Gasteiger partial charge in [-0.05, 0) is 26.3 Å². The zero-order valence-corrected chi connectivity index (χ0v) is 9.64. The van der Waals surface area contributed by atoms with Gasteiger partial charge in [0, 0.05) is 18.5 Å². The van der Waals surface area contributed by atoms with Gasteiger partial charge in [0.05, 0.1) is 0 Å². The lowest BCUT2D eigenvalue weighted by molar-refractivity contribution is 0.187. The Kier molecular flexibility index (Phi) is 4.88. The lowest BCUT2D eigenvalue weighted by atomic mass is 9.74. The molecule has 0 aromatic rings. The lowest BCUT2D eigenvalue weighted by Gasteiger charge is -2.36. The standard InChI is InChI=1S/C11H23N3O/c1-2-13-10(15)14-9-11(8-12)6-4-3-5-7-11/h2-9,12H2,1H3,(H2,13,14,15). The summed E-state index contributed by atoms with van der Waals surface area (Å²) in [4.78, 5) is 11.3. The molecular weight excluding hydrogens is 190 g/mol. The largest absolute Gasteiger partial charge is 0.338 e. The topological polar surface area (TPSA) is 67.2 Å². The maximum absolute atomic E-state index is 11.3. The third-order valence-electron chi connectivity index (χ3n) is 3.31. The number of nitrogens with two attached hydrogens (primary N) is 1. The van der Waals surface area contributed by atoms with E-state index in [0.29, 0.717) is 13.1 Å². The predicted octanol–water partition coefficient (Wildman–Crippen LogP) is 1.21. The quantitative estimate of drug-likeness (QED) is 0.657. The van der Waals surface area contributed by atoms with E-state index in [4.69, 9.17) is 5.73 Å². The summed E-state index contributed by atoms with van der Waals surface area (Å²) in [5, 5.41) is 5.65. The second-order valence-electron chi connectivity index (χ2n) is 4.48. The maximum Gasteiger partial charge on any atom is 0.314 e. The number of hydrogen-bond donors (Lipinski definition) is 3. The zero-order chi connectivity index (χ0) is 11.1. The molecule has 1 rings (SSSR count). The monoisotopic (exact) mass is 213 g/mol. The first-order chi connectivity index (χ1) is 7.22. The Morgan fingerprint density at radius 1 is 1.27 bits per heavy atom. The summed E-state index contributed by atoms with van der Waals surface area (Å²) < 4.78 is 0. The van der Waals surface area contributed by atoms with E-state index in [1.54, 1.807) is 0 Å². The average molecular weight is 213 g/mol.